The predicted octanol–water partition coefficient (Wildman–Crippen LogP) is 1.42. The summed E-state index contributed by atoms with van der Waals surface area (Å²) in [7, 11) is 2.21. The Kier molecular flexibility index (Phi) is 4.42. The van der Waals surface area contributed by atoms with Crippen LogP contribution in [0.25, 0.3) is 0 Å². The Balaban J connectivity index is 2.18. The minimum absolute atomic E-state index is 0.564. The number of aromatic nitrogens is 1. The lowest BCUT2D eigenvalue weighted by Crippen LogP contribution is -2.55. The molecule has 0 radical (unpaired) electrons. The summed E-state index contributed by atoms with van der Waals surface area (Å²) in [5.41, 5.74) is 8.09. The third-order valence-corrected chi connectivity index (χ3v) is 4.20. The van der Waals surface area contributed by atoms with Crippen LogP contribution in [0.3, 0.4) is 0 Å². The molecule has 2 unspecified atom stereocenters. The second-order valence-corrected chi connectivity index (χ2v) is 5.79. The minimum Gasteiger partial charge on any atom is -0.353 e. The van der Waals surface area contributed by atoms with Gasteiger partial charge in [-0.1, -0.05) is 6.07 Å². The summed E-state index contributed by atoms with van der Waals surface area (Å²) in [6.45, 7) is 9.48. The van der Waals surface area contributed by atoms with Crippen LogP contribution in [0.2, 0.25) is 0 Å². The molecule has 4 nitrogen and oxygen atoms in total. The molecule has 1 aliphatic heterocycles. The second kappa shape index (κ2) is 5.88. The van der Waals surface area contributed by atoms with Gasteiger partial charge in [0.25, 0.3) is 0 Å². The second-order valence-electron chi connectivity index (χ2n) is 5.79. The summed E-state index contributed by atoms with van der Waals surface area (Å²) < 4.78 is 0. The SMILES string of the molecule is Cc1cc(CCN)cnc1N1CC(C)N(C)C(C)C1. The van der Waals surface area contributed by atoms with Gasteiger partial charge in [-0.15, -0.1) is 0 Å². The van der Waals surface area contributed by atoms with Gasteiger partial charge >= 0.3 is 0 Å². The molecule has 2 atom stereocenters. The summed E-state index contributed by atoms with van der Waals surface area (Å²) in [6, 6.07) is 3.35. The third-order valence-electron chi connectivity index (χ3n) is 4.20. The Morgan fingerprint density at radius 1 is 1.32 bits per heavy atom. The molecule has 0 bridgehead atoms. The van der Waals surface area contributed by atoms with Gasteiger partial charge in [-0.3, -0.25) is 4.90 Å². The lowest BCUT2D eigenvalue weighted by Gasteiger charge is -2.43. The van der Waals surface area contributed by atoms with E-state index in [9.17, 15) is 0 Å². The predicted molar refractivity (Wildman–Crippen MR) is 80.6 cm³/mol. The van der Waals surface area contributed by atoms with Crippen LogP contribution in [0.15, 0.2) is 12.3 Å². The molecule has 4 heteroatoms. The Bertz CT molecular complexity index is 420. The van der Waals surface area contributed by atoms with E-state index in [-0.39, 0.29) is 0 Å². The van der Waals surface area contributed by atoms with Crippen molar-refractivity contribution in [2.45, 2.75) is 39.3 Å². The maximum absolute atomic E-state index is 5.60. The van der Waals surface area contributed by atoms with Crippen LogP contribution in [0, 0.1) is 6.92 Å². The fourth-order valence-electron chi connectivity index (χ4n) is 2.84. The van der Waals surface area contributed by atoms with E-state index < -0.39 is 0 Å². The molecule has 1 aliphatic rings. The number of aryl methyl sites for hydroxylation is 1. The number of piperazine rings is 1. The Labute approximate surface area is 116 Å². The Hall–Kier alpha value is -1.13. The zero-order valence-corrected chi connectivity index (χ0v) is 12.6. The van der Waals surface area contributed by atoms with Crippen molar-refractivity contribution in [1.29, 1.82) is 0 Å². The van der Waals surface area contributed by atoms with Crippen molar-refractivity contribution in [2.24, 2.45) is 5.73 Å². The van der Waals surface area contributed by atoms with Crippen molar-refractivity contribution in [3.8, 4) is 0 Å². The maximum atomic E-state index is 5.60. The normalized spacial score (nSPS) is 24.8. The first-order valence-electron chi connectivity index (χ1n) is 7.15. The highest BCUT2D eigenvalue weighted by Gasteiger charge is 2.27. The van der Waals surface area contributed by atoms with Crippen molar-refractivity contribution in [1.82, 2.24) is 9.88 Å². The first kappa shape index (κ1) is 14.3. The van der Waals surface area contributed by atoms with Crippen LogP contribution in [0.1, 0.15) is 25.0 Å². The Morgan fingerprint density at radius 3 is 2.47 bits per heavy atom. The van der Waals surface area contributed by atoms with Crippen LogP contribution >= 0.6 is 0 Å². The zero-order chi connectivity index (χ0) is 14.0. The highest BCUT2D eigenvalue weighted by atomic mass is 15.3. The average Bonchev–Trinajstić information content (AvgIpc) is 2.36. The number of nitrogens with two attached hydrogens (primary N) is 1. The van der Waals surface area contributed by atoms with E-state index in [0.29, 0.717) is 18.6 Å². The average molecular weight is 262 g/mol. The molecule has 1 saturated heterocycles. The van der Waals surface area contributed by atoms with Crippen molar-refractivity contribution in [3.63, 3.8) is 0 Å². The summed E-state index contributed by atoms with van der Waals surface area (Å²) in [6.07, 6.45) is 2.88. The van der Waals surface area contributed by atoms with E-state index in [4.69, 9.17) is 5.73 Å². The van der Waals surface area contributed by atoms with Gasteiger partial charge in [0.1, 0.15) is 5.82 Å². The molecule has 1 aromatic rings. The highest BCUT2D eigenvalue weighted by Crippen LogP contribution is 2.23. The van der Waals surface area contributed by atoms with Crippen LogP contribution in [-0.2, 0) is 6.42 Å². The largest absolute Gasteiger partial charge is 0.353 e. The van der Waals surface area contributed by atoms with E-state index in [1.165, 1.54) is 11.1 Å². The molecular weight excluding hydrogens is 236 g/mol. The number of pyridine rings is 1. The molecule has 0 aromatic carbocycles. The summed E-state index contributed by atoms with van der Waals surface area (Å²) in [5.74, 6) is 1.13. The molecule has 1 fully saturated rings. The minimum atomic E-state index is 0.564. The smallest absolute Gasteiger partial charge is 0.131 e. The molecule has 19 heavy (non-hydrogen) atoms. The number of anilines is 1. The maximum Gasteiger partial charge on any atom is 0.131 e. The van der Waals surface area contributed by atoms with Crippen molar-refractivity contribution in [2.75, 3.05) is 31.6 Å². The van der Waals surface area contributed by atoms with Crippen LogP contribution < -0.4 is 10.6 Å². The van der Waals surface area contributed by atoms with Crippen LogP contribution in [0.4, 0.5) is 5.82 Å². The molecule has 2 rings (SSSR count). The van der Waals surface area contributed by atoms with Gasteiger partial charge in [-0.25, -0.2) is 4.98 Å². The van der Waals surface area contributed by atoms with E-state index in [1.54, 1.807) is 0 Å². The van der Waals surface area contributed by atoms with Gasteiger partial charge in [0.15, 0.2) is 0 Å². The molecule has 0 aliphatic carbocycles. The zero-order valence-electron chi connectivity index (χ0n) is 12.6. The quantitative estimate of drug-likeness (QED) is 0.895. The van der Waals surface area contributed by atoms with Gasteiger partial charge in [0.05, 0.1) is 0 Å². The number of hydrogen-bond acceptors (Lipinski definition) is 4. The number of nitrogens with zero attached hydrogens (tertiary/aromatic N) is 3. The lowest BCUT2D eigenvalue weighted by molar-refractivity contribution is 0.169. The fourth-order valence-corrected chi connectivity index (χ4v) is 2.84. The highest BCUT2D eigenvalue weighted by molar-refractivity contribution is 5.48. The Morgan fingerprint density at radius 2 is 1.95 bits per heavy atom. The summed E-state index contributed by atoms with van der Waals surface area (Å²) >= 11 is 0. The van der Waals surface area contributed by atoms with E-state index >= 15 is 0 Å². The molecule has 0 saturated carbocycles. The summed E-state index contributed by atoms with van der Waals surface area (Å²) in [5, 5.41) is 0. The molecule has 106 valence electrons. The number of hydrogen-bond donors (Lipinski definition) is 1. The molecule has 0 amide bonds. The standard InChI is InChI=1S/C15H26N4/c1-11-7-14(5-6-16)8-17-15(11)19-9-12(2)18(4)13(3)10-19/h7-8,12-13H,5-6,9-10,16H2,1-4H3. The monoisotopic (exact) mass is 262 g/mol. The van der Waals surface area contributed by atoms with Crippen molar-refractivity contribution >= 4 is 5.82 Å². The van der Waals surface area contributed by atoms with Gasteiger partial charge in [0.2, 0.25) is 0 Å². The van der Waals surface area contributed by atoms with Crippen LogP contribution in [0.5, 0.6) is 0 Å². The van der Waals surface area contributed by atoms with Crippen molar-refractivity contribution in [3.05, 3.63) is 23.4 Å². The number of likely N-dealkylation sites (N-methyl/N-ethyl adjacent to an activating group) is 1. The van der Waals surface area contributed by atoms with Gasteiger partial charge in [-0.2, -0.15) is 0 Å². The molecule has 0 spiro atoms. The number of rotatable bonds is 3. The van der Waals surface area contributed by atoms with Crippen molar-refractivity contribution < 1.29 is 0 Å². The first-order valence-corrected chi connectivity index (χ1v) is 7.15. The van der Waals surface area contributed by atoms with Gasteiger partial charge < -0.3 is 10.6 Å². The van der Waals surface area contributed by atoms with Gasteiger partial charge in [-0.05, 0) is 51.9 Å². The fraction of sp³-hybridized carbons (Fsp3) is 0.667. The molecule has 1 aromatic heterocycles. The van der Waals surface area contributed by atoms with E-state index in [2.05, 4.69) is 48.7 Å². The topological polar surface area (TPSA) is 45.4 Å². The third kappa shape index (κ3) is 3.07. The van der Waals surface area contributed by atoms with Gasteiger partial charge in [0, 0.05) is 31.4 Å². The summed E-state index contributed by atoms with van der Waals surface area (Å²) in [4.78, 5) is 9.52. The van der Waals surface area contributed by atoms with E-state index in [0.717, 1.165) is 25.3 Å². The lowest BCUT2D eigenvalue weighted by atomic mass is 10.1. The van der Waals surface area contributed by atoms with Crippen LogP contribution in [-0.4, -0.2) is 48.6 Å². The van der Waals surface area contributed by atoms with E-state index in [1.807, 2.05) is 6.20 Å². The first-order chi connectivity index (χ1) is 9.02. The molecular formula is C15H26N4. The molecule has 2 heterocycles. The molecule has 2 N–H and O–H groups in total.